The SMILES string of the molecule is Cc1ccc2c(c1)C1(CCN(CCOc3ccc(S(C)(=O)=[N+](C)C)cc3)CC1)C(=O)N2. The molecule has 4 rings (SSSR count). The van der Waals surface area contributed by atoms with Crippen LogP contribution in [0.3, 0.4) is 0 Å². The van der Waals surface area contributed by atoms with Gasteiger partial charge in [-0.2, -0.15) is 3.95 Å². The van der Waals surface area contributed by atoms with E-state index >= 15 is 0 Å². The lowest BCUT2D eigenvalue weighted by Gasteiger charge is -2.38. The van der Waals surface area contributed by atoms with Crippen LogP contribution < -0.4 is 10.1 Å². The van der Waals surface area contributed by atoms with Crippen molar-refractivity contribution >= 4 is 21.3 Å². The van der Waals surface area contributed by atoms with Crippen LogP contribution >= 0.6 is 0 Å². The highest BCUT2D eigenvalue weighted by atomic mass is 32.2. The van der Waals surface area contributed by atoms with Gasteiger partial charge < -0.3 is 10.1 Å². The summed E-state index contributed by atoms with van der Waals surface area (Å²) in [7, 11) is 1.46. The van der Waals surface area contributed by atoms with Crippen molar-refractivity contribution in [2.75, 3.05) is 51.9 Å². The number of anilines is 1. The third-order valence-electron chi connectivity index (χ3n) is 6.72. The number of carbonyl (C=O) groups excluding carboxylic acids is 1. The smallest absolute Gasteiger partial charge is 0.235 e. The highest BCUT2D eigenvalue weighted by molar-refractivity contribution is 7.90. The Morgan fingerprint density at radius 1 is 1.13 bits per heavy atom. The first kappa shape index (κ1) is 21.8. The van der Waals surface area contributed by atoms with E-state index in [1.54, 1.807) is 10.2 Å². The van der Waals surface area contributed by atoms with Crippen LogP contribution in [0.5, 0.6) is 5.75 Å². The quantitative estimate of drug-likeness (QED) is 0.723. The zero-order chi connectivity index (χ0) is 22.2. The van der Waals surface area contributed by atoms with E-state index in [-0.39, 0.29) is 11.3 Å². The first-order chi connectivity index (χ1) is 14.7. The number of rotatable bonds is 5. The number of aryl methyl sites for hydroxylation is 1. The van der Waals surface area contributed by atoms with Crippen molar-refractivity contribution in [3.63, 3.8) is 0 Å². The fourth-order valence-corrected chi connectivity index (χ4v) is 5.54. The number of likely N-dealkylation sites (tertiary alicyclic amines) is 1. The van der Waals surface area contributed by atoms with Gasteiger partial charge >= 0.3 is 0 Å². The molecular formula is C24H32N3O3S+. The molecule has 0 aliphatic carbocycles. The molecule has 2 heterocycles. The Morgan fingerprint density at radius 3 is 2.45 bits per heavy atom. The first-order valence-corrected chi connectivity index (χ1v) is 12.7. The minimum atomic E-state index is -2.18. The van der Waals surface area contributed by atoms with Crippen molar-refractivity contribution in [2.24, 2.45) is 0 Å². The summed E-state index contributed by atoms with van der Waals surface area (Å²) in [5, 5.41) is 3.08. The maximum atomic E-state index is 12.8. The van der Waals surface area contributed by atoms with Crippen LogP contribution in [0.1, 0.15) is 24.0 Å². The Balaban J connectivity index is 1.32. The maximum Gasteiger partial charge on any atom is 0.235 e. The predicted octanol–water partition coefficient (Wildman–Crippen LogP) is 3.09. The number of benzene rings is 2. The second-order valence-corrected chi connectivity index (χ2v) is 11.7. The van der Waals surface area contributed by atoms with Gasteiger partial charge in [0.05, 0.1) is 16.6 Å². The fraction of sp³-hybridized carbons (Fsp3) is 0.458. The van der Waals surface area contributed by atoms with Crippen LogP contribution in [-0.4, -0.2) is 65.6 Å². The Kier molecular flexibility index (Phi) is 5.83. The van der Waals surface area contributed by atoms with E-state index in [0.29, 0.717) is 6.61 Å². The van der Waals surface area contributed by atoms with Gasteiger partial charge in [-0.3, -0.25) is 9.69 Å². The molecule has 1 fully saturated rings. The van der Waals surface area contributed by atoms with Gasteiger partial charge in [-0.25, -0.2) is 4.21 Å². The molecule has 2 aromatic carbocycles. The molecule has 31 heavy (non-hydrogen) atoms. The molecule has 7 heteroatoms. The molecule has 0 saturated carbocycles. The van der Waals surface area contributed by atoms with Gasteiger partial charge in [0.1, 0.15) is 26.5 Å². The van der Waals surface area contributed by atoms with Gasteiger partial charge in [0, 0.05) is 12.2 Å². The molecule has 1 saturated heterocycles. The van der Waals surface area contributed by atoms with Gasteiger partial charge in [0.15, 0.2) is 9.73 Å². The molecule has 1 unspecified atom stereocenters. The highest BCUT2D eigenvalue weighted by Gasteiger charge is 2.48. The molecule has 2 aliphatic rings. The Hall–Kier alpha value is -2.38. The summed E-state index contributed by atoms with van der Waals surface area (Å²) in [5.41, 5.74) is 2.95. The number of ether oxygens (including phenoxy) is 1. The van der Waals surface area contributed by atoms with Gasteiger partial charge in [-0.05, 0) is 68.8 Å². The molecular weight excluding hydrogens is 410 g/mol. The van der Waals surface area contributed by atoms with Crippen molar-refractivity contribution < 1.29 is 17.7 Å². The van der Waals surface area contributed by atoms with Gasteiger partial charge in [0.2, 0.25) is 5.91 Å². The standard InChI is InChI=1S/C24H31N3O3S/c1-18-5-10-22-21(17-18)24(23(28)25-22)11-13-27(14-12-24)15-16-30-19-6-8-20(9-7-19)31(4,29)26(2)3/h5-10,17H,11-16H2,1-4H3/p+1. The Bertz CT molecular complexity index is 1110. The second kappa shape index (κ2) is 8.28. The molecule has 166 valence electrons. The maximum absolute atomic E-state index is 12.8. The third kappa shape index (κ3) is 4.08. The summed E-state index contributed by atoms with van der Waals surface area (Å²) in [6.07, 6.45) is 3.41. The average molecular weight is 443 g/mol. The fourth-order valence-electron chi connectivity index (χ4n) is 4.47. The van der Waals surface area contributed by atoms with E-state index < -0.39 is 9.73 Å². The minimum Gasteiger partial charge on any atom is -0.492 e. The zero-order valence-electron chi connectivity index (χ0n) is 18.8. The lowest BCUT2D eigenvalue weighted by atomic mass is 9.73. The van der Waals surface area contributed by atoms with E-state index in [4.69, 9.17) is 4.74 Å². The topological polar surface area (TPSA) is 61.6 Å². The van der Waals surface area contributed by atoms with E-state index in [1.165, 1.54) is 11.1 Å². The average Bonchev–Trinajstić information content (AvgIpc) is 3.01. The van der Waals surface area contributed by atoms with E-state index in [0.717, 1.165) is 48.8 Å². The van der Waals surface area contributed by atoms with Crippen molar-refractivity contribution in [3.05, 3.63) is 53.6 Å². The molecule has 1 spiro atoms. The molecule has 2 aliphatic heterocycles. The number of fused-ring (bicyclic) bond motifs is 2. The molecule has 0 radical (unpaired) electrons. The van der Waals surface area contributed by atoms with Crippen LogP contribution in [0.2, 0.25) is 0 Å². The number of hydrogen-bond donors (Lipinski definition) is 1. The molecule has 1 amide bonds. The van der Waals surface area contributed by atoms with E-state index in [1.807, 2.05) is 44.4 Å². The molecule has 0 aromatic heterocycles. The summed E-state index contributed by atoms with van der Waals surface area (Å²) in [6, 6.07) is 13.8. The monoisotopic (exact) mass is 442 g/mol. The molecule has 1 N–H and O–H groups in total. The van der Waals surface area contributed by atoms with Crippen LogP contribution in [0.25, 0.3) is 0 Å². The van der Waals surface area contributed by atoms with Crippen LogP contribution in [0.15, 0.2) is 47.4 Å². The van der Waals surface area contributed by atoms with E-state index in [9.17, 15) is 9.00 Å². The van der Waals surface area contributed by atoms with Crippen molar-refractivity contribution in [3.8, 4) is 5.75 Å². The molecule has 1 atom stereocenters. The number of hydrogen-bond acceptors (Lipinski definition) is 4. The number of amides is 1. The number of carbonyl (C=O) groups is 1. The third-order valence-corrected chi connectivity index (χ3v) is 9.26. The lowest BCUT2D eigenvalue weighted by Crippen LogP contribution is -2.47. The van der Waals surface area contributed by atoms with Gasteiger partial charge in [0.25, 0.3) is 0 Å². The predicted molar refractivity (Wildman–Crippen MR) is 124 cm³/mol. The van der Waals surface area contributed by atoms with Crippen LogP contribution in [-0.2, 0) is 19.9 Å². The highest BCUT2D eigenvalue weighted by Crippen LogP contribution is 2.45. The largest absolute Gasteiger partial charge is 0.492 e. The van der Waals surface area contributed by atoms with Gasteiger partial charge in [-0.15, -0.1) is 0 Å². The van der Waals surface area contributed by atoms with E-state index in [2.05, 4.69) is 29.3 Å². The van der Waals surface area contributed by atoms with Gasteiger partial charge in [-0.1, -0.05) is 17.7 Å². The normalized spacial score (nSPS) is 19.5. The molecule has 0 bridgehead atoms. The lowest BCUT2D eigenvalue weighted by molar-refractivity contribution is -0.440. The van der Waals surface area contributed by atoms with Crippen molar-refractivity contribution in [1.82, 2.24) is 4.90 Å². The Labute approximate surface area is 185 Å². The summed E-state index contributed by atoms with van der Waals surface area (Å²) in [4.78, 5) is 16.0. The summed E-state index contributed by atoms with van der Waals surface area (Å²) < 4.78 is 20.4. The van der Waals surface area contributed by atoms with Crippen molar-refractivity contribution in [1.29, 1.82) is 0 Å². The molecule has 2 aromatic rings. The summed E-state index contributed by atoms with van der Waals surface area (Å²) in [5.74, 6) is 0.931. The first-order valence-electron chi connectivity index (χ1n) is 10.8. The number of nitrogens with one attached hydrogen (secondary N) is 1. The summed E-state index contributed by atoms with van der Waals surface area (Å²) >= 11 is 0. The zero-order valence-corrected chi connectivity index (χ0v) is 19.6. The summed E-state index contributed by atoms with van der Waals surface area (Å²) in [6.45, 7) is 5.24. The number of nitrogens with zero attached hydrogens (tertiary/aromatic N) is 2. The van der Waals surface area contributed by atoms with Crippen molar-refractivity contribution in [2.45, 2.75) is 30.1 Å². The Morgan fingerprint density at radius 2 is 1.81 bits per heavy atom. The number of piperidine rings is 1. The van der Waals surface area contributed by atoms with Crippen LogP contribution in [0, 0.1) is 6.92 Å². The molecule has 6 nitrogen and oxygen atoms in total. The minimum absolute atomic E-state index is 0.148. The second-order valence-electron chi connectivity index (χ2n) is 8.86. The van der Waals surface area contributed by atoms with Crippen LogP contribution in [0.4, 0.5) is 5.69 Å².